The number of para-hydroxylation sites is 1. The van der Waals surface area contributed by atoms with E-state index in [-0.39, 0.29) is 30.3 Å². The molecular weight excluding hydrogens is 388 g/mol. The number of carboxylic acid groups (broad SMARTS) is 1. The maximum Gasteiger partial charge on any atom is 0.353 e. The minimum atomic E-state index is -1.78. The van der Waals surface area contributed by atoms with Gasteiger partial charge in [-0.25, -0.2) is 9.48 Å². The predicted octanol–water partition coefficient (Wildman–Crippen LogP) is 1.86. The van der Waals surface area contributed by atoms with E-state index >= 15 is 0 Å². The molecule has 30 heavy (non-hydrogen) atoms. The summed E-state index contributed by atoms with van der Waals surface area (Å²) in [6.45, 7) is 0. The summed E-state index contributed by atoms with van der Waals surface area (Å²) >= 11 is 0. The Balaban J connectivity index is 1.83. The smallest absolute Gasteiger partial charge is 0.353 e. The maximum absolute atomic E-state index is 12.8. The SMILES string of the molecule is COc1ccc(-c2nn3c(nc2=O)-c2ccccc2N2C(=O)CC[C@]23C(=O)O)cc1. The van der Waals surface area contributed by atoms with Crippen molar-refractivity contribution in [2.75, 3.05) is 12.0 Å². The van der Waals surface area contributed by atoms with Gasteiger partial charge in [-0.05, 0) is 36.4 Å². The summed E-state index contributed by atoms with van der Waals surface area (Å²) in [4.78, 5) is 43.5. The highest BCUT2D eigenvalue weighted by atomic mass is 16.5. The molecule has 9 nitrogen and oxygen atoms in total. The van der Waals surface area contributed by atoms with Gasteiger partial charge < -0.3 is 9.84 Å². The molecule has 150 valence electrons. The minimum absolute atomic E-state index is 0.000656. The van der Waals surface area contributed by atoms with Gasteiger partial charge in [0.1, 0.15) is 5.75 Å². The Kier molecular flexibility index (Phi) is 3.76. The van der Waals surface area contributed by atoms with Gasteiger partial charge in [-0.2, -0.15) is 10.1 Å². The third-order valence-corrected chi connectivity index (χ3v) is 5.56. The van der Waals surface area contributed by atoms with E-state index in [1.54, 1.807) is 48.5 Å². The van der Waals surface area contributed by atoms with Crippen LogP contribution in [0.2, 0.25) is 0 Å². The molecule has 0 saturated carbocycles. The van der Waals surface area contributed by atoms with Gasteiger partial charge in [0, 0.05) is 24.0 Å². The van der Waals surface area contributed by atoms with E-state index in [0.717, 1.165) is 0 Å². The topological polar surface area (TPSA) is 115 Å². The number of methoxy groups -OCH3 is 1. The molecule has 1 N–H and O–H groups in total. The summed E-state index contributed by atoms with van der Waals surface area (Å²) < 4.78 is 6.35. The Bertz CT molecular complexity index is 1270. The lowest BCUT2D eigenvalue weighted by Crippen LogP contribution is -2.58. The molecule has 1 amide bonds. The number of ether oxygens (including phenoxy) is 1. The molecule has 5 rings (SSSR count). The second kappa shape index (κ2) is 6.24. The van der Waals surface area contributed by atoms with Crippen LogP contribution in [0.5, 0.6) is 5.75 Å². The first-order chi connectivity index (χ1) is 14.5. The minimum Gasteiger partial charge on any atom is -0.497 e. The second-order valence-electron chi connectivity index (χ2n) is 7.10. The number of fused-ring (bicyclic) bond motifs is 6. The normalized spacial score (nSPS) is 19.1. The van der Waals surface area contributed by atoms with Crippen molar-refractivity contribution in [3.8, 4) is 28.4 Å². The summed E-state index contributed by atoms with van der Waals surface area (Å²) in [5, 5.41) is 14.6. The molecule has 0 bridgehead atoms. The van der Waals surface area contributed by atoms with Crippen LogP contribution < -0.4 is 15.2 Å². The molecule has 0 spiro atoms. The molecular formula is C21H16N4O5. The number of carbonyl (C=O) groups excluding carboxylic acids is 1. The molecule has 1 aromatic heterocycles. The van der Waals surface area contributed by atoms with Crippen LogP contribution in [0.15, 0.2) is 53.3 Å². The molecule has 3 aromatic rings. The van der Waals surface area contributed by atoms with Crippen LogP contribution in [-0.2, 0) is 15.3 Å². The number of aromatic nitrogens is 3. The number of hydrogen-bond donors (Lipinski definition) is 1. The fraction of sp³-hybridized carbons (Fsp3) is 0.190. The first kappa shape index (κ1) is 18.0. The monoisotopic (exact) mass is 404 g/mol. The molecule has 1 atom stereocenters. The number of benzene rings is 2. The van der Waals surface area contributed by atoms with Gasteiger partial charge in [-0.3, -0.25) is 14.5 Å². The number of carbonyl (C=O) groups is 2. The van der Waals surface area contributed by atoms with Gasteiger partial charge in [0.25, 0.3) is 5.56 Å². The van der Waals surface area contributed by atoms with E-state index in [9.17, 15) is 19.5 Å². The molecule has 3 heterocycles. The number of anilines is 1. The van der Waals surface area contributed by atoms with E-state index in [1.165, 1.54) is 16.7 Å². The largest absolute Gasteiger partial charge is 0.497 e. The molecule has 0 aliphatic carbocycles. The van der Waals surface area contributed by atoms with E-state index in [2.05, 4.69) is 10.1 Å². The maximum atomic E-state index is 12.8. The third-order valence-electron chi connectivity index (χ3n) is 5.56. The fourth-order valence-electron chi connectivity index (χ4n) is 4.15. The van der Waals surface area contributed by atoms with Crippen molar-refractivity contribution < 1.29 is 19.4 Å². The number of rotatable bonds is 3. The zero-order chi connectivity index (χ0) is 21.0. The Morgan fingerprint density at radius 2 is 1.87 bits per heavy atom. The van der Waals surface area contributed by atoms with Crippen molar-refractivity contribution in [3.63, 3.8) is 0 Å². The summed E-state index contributed by atoms with van der Waals surface area (Å²) in [6, 6.07) is 13.5. The zero-order valence-electron chi connectivity index (χ0n) is 15.9. The second-order valence-corrected chi connectivity index (χ2v) is 7.10. The van der Waals surface area contributed by atoms with Gasteiger partial charge in [0.05, 0.1) is 12.8 Å². The zero-order valence-corrected chi connectivity index (χ0v) is 15.9. The Labute approximate surface area is 170 Å². The molecule has 1 fully saturated rings. The van der Waals surface area contributed by atoms with Crippen LogP contribution >= 0.6 is 0 Å². The summed E-state index contributed by atoms with van der Waals surface area (Å²) in [6.07, 6.45) is 0.0633. The average Bonchev–Trinajstić information content (AvgIpc) is 3.12. The summed E-state index contributed by atoms with van der Waals surface area (Å²) in [7, 11) is 1.53. The van der Waals surface area contributed by atoms with Gasteiger partial charge in [-0.1, -0.05) is 12.1 Å². The van der Waals surface area contributed by atoms with E-state index in [0.29, 0.717) is 22.6 Å². The van der Waals surface area contributed by atoms with Gasteiger partial charge >= 0.3 is 5.97 Å². The van der Waals surface area contributed by atoms with Crippen molar-refractivity contribution in [2.45, 2.75) is 18.5 Å². The lowest BCUT2D eigenvalue weighted by Gasteiger charge is -2.41. The van der Waals surface area contributed by atoms with Gasteiger partial charge in [0.2, 0.25) is 11.6 Å². The summed E-state index contributed by atoms with van der Waals surface area (Å²) in [5.41, 5.74) is -0.995. The standard InChI is InChI=1S/C21H16N4O5/c1-30-13-8-6-12(7-9-13)17-19(27)22-18-14-4-2-3-5-15(14)24-16(26)10-11-21(24,20(28)29)25(18)23-17/h2-9H,10-11H2,1H3,(H,28,29)/t21-/m0/s1. The van der Waals surface area contributed by atoms with E-state index in [1.807, 2.05) is 0 Å². The molecule has 2 aliphatic rings. The van der Waals surface area contributed by atoms with E-state index in [4.69, 9.17) is 4.74 Å². The highest BCUT2D eigenvalue weighted by molar-refractivity contribution is 6.07. The molecule has 2 aliphatic heterocycles. The summed E-state index contributed by atoms with van der Waals surface area (Å²) in [5.74, 6) is -0.820. The van der Waals surface area contributed by atoms with Crippen LogP contribution in [0.25, 0.3) is 22.6 Å². The Morgan fingerprint density at radius 3 is 2.57 bits per heavy atom. The van der Waals surface area contributed by atoms with Crippen LogP contribution in [0.3, 0.4) is 0 Å². The van der Waals surface area contributed by atoms with Crippen molar-refractivity contribution >= 4 is 17.6 Å². The number of aliphatic carboxylic acids is 1. The molecule has 9 heteroatoms. The van der Waals surface area contributed by atoms with Crippen molar-refractivity contribution in [3.05, 3.63) is 58.9 Å². The van der Waals surface area contributed by atoms with Crippen molar-refractivity contribution in [2.24, 2.45) is 0 Å². The highest BCUT2D eigenvalue weighted by Crippen LogP contribution is 2.47. The fourth-order valence-corrected chi connectivity index (χ4v) is 4.15. The van der Waals surface area contributed by atoms with E-state index < -0.39 is 17.2 Å². The highest BCUT2D eigenvalue weighted by Gasteiger charge is 2.58. The first-order valence-corrected chi connectivity index (χ1v) is 9.29. The first-order valence-electron chi connectivity index (χ1n) is 9.29. The van der Waals surface area contributed by atoms with Crippen LogP contribution in [-0.4, -0.2) is 38.9 Å². The third kappa shape index (κ3) is 2.25. The molecule has 0 radical (unpaired) electrons. The number of hydrogen-bond acceptors (Lipinski definition) is 6. The molecule has 2 aromatic carbocycles. The van der Waals surface area contributed by atoms with Crippen LogP contribution in [0, 0.1) is 0 Å². The molecule has 1 saturated heterocycles. The quantitative estimate of drug-likeness (QED) is 0.708. The number of nitrogens with zero attached hydrogens (tertiary/aromatic N) is 4. The van der Waals surface area contributed by atoms with Crippen LogP contribution in [0.4, 0.5) is 5.69 Å². The Morgan fingerprint density at radius 1 is 1.13 bits per heavy atom. The van der Waals surface area contributed by atoms with Crippen molar-refractivity contribution in [1.29, 1.82) is 0 Å². The average molecular weight is 404 g/mol. The lowest BCUT2D eigenvalue weighted by molar-refractivity contribution is -0.148. The van der Waals surface area contributed by atoms with Gasteiger partial charge in [-0.15, -0.1) is 0 Å². The number of amides is 1. The lowest BCUT2D eigenvalue weighted by atomic mass is 10.00. The van der Waals surface area contributed by atoms with Crippen molar-refractivity contribution in [1.82, 2.24) is 14.8 Å². The predicted molar refractivity (Wildman–Crippen MR) is 106 cm³/mol. The van der Waals surface area contributed by atoms with Gasteiger partial charge in [0.15, 0.2) is 11.5 Å². The Hall–Kier alpha value is -4.01. The molecule has 0 unspecified atom stereocenters. The van der Waals surface area contributed by atoms with Crippen LogP contribution in [0.1, 0.15) is 12.8 Å². The number of carboxylic acids is 1.